The molecule has 2 heterocycles. The van der Waals surface area contributed by atoms with Gasteiger partial charge in [-0.05, 0) is 25.6 Å². The second-order valence-corrected chi connectivity index (χ2v) is 6.76. The molecule has 0 radical (unpaired) electrons. The molecule has 3 rings (SSSR count). The molecule has 7 heteroatoms. The van der Waals surface area contributed by atoms with E-state index in [2.05, 4.69) is 0 Å². The van der Waals surface area contributed by atoms with Gasteiger partial charge in [0.2, 0.25) is 5.91 Å². The molecule has 2 aliphatic rings. The number of nitrogens with two attached hydrogens (primary N) is 1. The van der Waals surface area contributed by atoms with Gasteiger partial charge in [-0.3, -0.25) is 14.5 Å². The van der Waals surface area contributed by atoms with E-state index in [0.717, 1.165) is 6.54 Å². The number of rotatable bonds is 4. The molecule has 2 saturated heterocycles. The molecule has 25 heavy (non-hydrogen) atoms. The third-order valence-corrected chi connectivity index (χ3v) is 4.92. The molecule has 136 valence electrons. The van der Waals surface area contributed by atoms with Crippen molar-refractivity contribution < 1.29 is 14.3 Å². The SMILES string of the molecule is CN1C[C@@H](N)C[C@H]1C(=O)N1CCN(C(=O)COc2ccccc2)CC1. The van der Waals surface area contributed by atoms with E-state index in [1.807, 2.05) is 47.2 Å². The van der Waals surface area contributed by atoms with Gasteiger partial charge in [-0.1, -0.05) is 18.2 Å². The number of ether oxygens (including phenoxy) is 1. The van der Waals surface area contributed by atoms with Gasteiger partial charge in [0.25, 0.3) is 5.91 Å². The Kier molecular flexibility index (Phi) is 5.55. The Morgan fingerprint density at radius 1 is 1.12 bits per heavy atom. The normalized spacial score (nSPS) is 24.4. The third kappa shape index (κ3) is 4.29. The fourth-order valence-electron chi connectivity index (χ4n) is 3.47. The Morgan fingerprint density at radius 2 is 1.76 bits per heavy atom. The van der Waals surface area contributed by atoms with Crippen molar-refractivity contribution in [3.63, 3.8) is 0 Å². The van der Waals surface area contributed by atoms with E-state index in [1.165, 1.54) is 0 Å². The van der Waals surface area contributed by atoms with Crippen LogP contribution in [-0.2, 0) is 9.59 Å². The van der Waals surface area contributed by atoms with Crippen LogP contribution in [0.4, 0.5) is 0 Å². The van der Waals surface area contributed by atoms with Crippen LogP contribution in [0.3, 0.4) is 0 Å². The fraction of sp³-hybridized carbons (Fsp3) is 0.556. The lowest BCUT2D eigenvalue weighted by atomic mass is 10.1. The molecule has 0 aromatic heterocycles. The summed E-state index contributed by atoms with van der Waals surface area (Å²) in [5.41, 5.74) is 5.95. The van der Waals surface area contributed by atoms with Crippen molar-refractivity contribution in [3.8, 4) is 5.75 Å². The highest BCUT2D eigenvalue weighted by atomic mass is 16.5. The topological polar surface area (TPSA) is 79.1 Å². The van der Waals surface area contributed by atoms with Gasteiger partial charge in [0.05, 0.1) is 6.04 Å². The highest BCUT2D eigenvalue weighted by Gasteiger charge is 2.36. The molecule has 0 spiro atoms. The van der Waals surface area contributed by atoms with Gasteiger partial charge in [-0.2, -0.15) is 0 Å². The van der Waals surface area contributed by atoms with Crippen LogP contribution in [-0.4, -0.2) is 85.0 Å². The van der Waals surface area contributed by atoms with Gasteiger partial charge in [-0.15, -0.1) is 0 Å². The van der Waals surface area contributed by atoms with Crippen LogP contribution >= 0.6 is 0 Å². The molecule has 0 bridgehead atoms. The molecule has 1 aromatic carbocycles. The summed E-state index contributed by atoms with van der Waals surface area (Å²) in [6.45, 7) is 3.01. The number of hydrogen-bond acceptors (Lipinski definition) is 5. The summed E-state index contributed by atoms with van der Waals surface area (Å²) in [5.74, 6) is 0.768. The van der Waals surface area contributed by atoms with Crippen molar-refractivity contribution >= 4 is 11.8 Å². The van der Waals surface area contributed by atoms with Crippen molar-refractivity contribution in [2.24, 2.45) is 5.73 Å². The highest BCUT2D eigenvalue weighted by Crippen LogP contribution is 2.18. The summed E-state index contributed by atoms with van der Waals surface area (Å²) in [6, 6.07) is 9.24. The number of nitrogens with zero attached hydrogens (tertiary/aromatic N) is 3. The Morgan fingerprint density at radius 3 is 2.36 bits per heavy atom. The number of carbonyl (C=O) groups is 2. The van der Waals surface area contributed by atoms with E-state index < -0.39 is 0 Å². The first-order valence-electron chi connectivity index (χ1n) is 8.75. The fourth-order valence-corrected chi connectivity index (χ4v) is 3.47. The van der Waals surface area contributed by atoms with Crippen molar-refractivity contribution in [1.29, 1.82) is 0 Å². The molecule has 2 aliphatic heterocycles. The zero-order chi connectivity index (χ0) is 17.8. The molecule has 0 unspecified atom stereocenters. The number of hydrogen-bond donors (Lipinski definition) is 1. The van der Waals surface area contributed by atoms with Crippen LogP contribution in [0.15, 0.2) is 30.3 Å². The number of para-hydroxylation sites is 1. The zero-order valence-corrected chi connectivity index (χ0v) is 14.6. The van der Waals surface area contributed by atoms with Crippen molar-refractivity contribution in [2.75, 3.05) is 46.4 Å². The highest BCUT2D eigenvalue weighted by molar-refractivity contribution is 5.83. The zero-order valence-electron chi connectivity index (χ0n) is 14.6. The quantitative estimate of drug-likeness (QED) is 0.815. The predicted molar refractivity (Wildman–Crippen MR) is 94.1 cm³/mol. The summed E-state index contributed by atoms with van der Waals surface area (Å²) >= 11 is 0. The predicted octanol–water partition coefficient (Wildman–Crippen LogP) is -0.232. The first-order chi connectivity index (χ1) is 12.0. The van der Waals surface area contributed by atoms with E-state index in [1.54, 1.807) is 4.90 Å². The minimum absolute atomic E-state index is 0.0260. The van der Waals surface area contributed by atoms with Crippen molar-refractivity contribution in [3.05, 3.63) is 30.3 Å². The number of carbonyl (C=O) groups excluding carboxylic acids is 2. The first kappa shape index (κ1) is 17.7. The summed E-state index contributed by atoms with van der Waals surface area (Å²) in [6.07, 6.45) is 0.708. The maximum absolute atomic E-state index is 12.6. The van der Waals surface area contributed by atoms with E-state index in [-0.39, 0.29) is 30.5 Å². The van der Waals surface area contributed by atoms with Crippen molar-refractivity contribution in [1.82, 2.24) is 14.7 Å². The second-order valence-electron chi connectivity index (χ2n) is 6.76. The van der Waals surface area contributed by atoms with Gasteiger partial charge in [-0.25, -0.2) is 0 Å². The number of piperazine rings is 1. The van der Waals surface area contributed by atoms with E-state index in [4.69, 9.17) is 10.5 Å². The standard InChI is InChI=1S/C18H26N4O3/c1-20-12-14(19)11-16(20)18(24)22-9-7-21(8-10-22)17(23)13-25-15-5-3-2-4-6-15/h2-6,14,16H,7-13,19H2,1H3/t14-,16-/m0/s1. The van der Waals surface area contributed by atoms with Crippen molar-refractivity contribution in [2.45, 2.75) is 18.5 Å². The monoisotopic (exact) mass is 346 g/mol. The second kappa shape index (κ2) is 7.84. The van der Waals surface area contributed by atoms with Crippen LogP contribution < -0.4 is 10.5 Å². The lowest BCUT2D eigenvalue weighted by molar-refractivity contribution is -0.143. The van der Waals surface area contributed by atoms with E-state index in [0.29, 0.717) is 38.3 Å². The lowest BCUT2D eigenvalue weighted by Crippen LogP contribution is -2.55. The molecule has 1 aromatic rings. The molecule has 0 aliphatic carbocycles. The maximum atomic E-state index is 12.6. The summed E-state index contributed by atoms with van der Waals surface area (Å²) in [7, 11) is 1.94. The van der Waals surface area contributed by atoms with Gasteiger partial charge < -0.3 is 20.3 Å². The molecule has 2 amide bonds. The van der Waals surface area contributed by atoms with Gasteiger partial charge >= 0.3 is 0 Å². The molecule has 0 saturated carbocycles. The van der Waals surface area contributed by atoms with Gasteiger partial charge in [0.1, 0.15) is 5.75 Å². The van der Waals surface area contributed by atoms with Crippen LogP contribution in [0, 0.1) is 0 Å². The number of likely N-dealkylation sites (tertiary alicyclic amines) is 1. The number of likely N-dealkylation sites (N-methyl/N-ethyl adjacent to an activating group) is 1. The average molecular weight is 346 g/mol. The molecule has 7 nitrogen and oxygen atoms in total. The Balaban J connectivity index is 1.45. The summed E-state index contributed by atoms with van der Waals surface area (Å²) in [4.78, 5) is 30.6. The van der Waals surface area contributed by atoms with E-state index in [9.17, 15) is 9.59 Å². The number of benzene rings is 1. The van der Waals surface area contributed by atoms with Gasteiger partial charge in [0.15, 0.2) is 6.61 Å². The summed E-state index contributed by atoms with van der Waals surface area (Å²) < 4.78 is 5.51. The van der Waals surface area contributed by atoms with Crippen LogP contribution in [0.1, 0.15) is 6.42 Å². The molecule has 2 N–H and O–H groups in total. The van der Waals surface area contributed by atoms with Crippen LogP contribution in [0.2, 0.25) is 0 Å². The number of amides is 2. The Labute approximate surface area is 148 Å². The largest absolute Gasteiger partial charge is 0.484 e. The average Bonchev–Trinajstić information content (AvgIpc) is 2.98. The first-order valence-corrected chi connectivity index (χ1v) is 8.75. The third-order valence-electron chi connectivity index (χ3n) is 4.92. The van der Waals surface area contributed by atoms with Gasteiger partial charge in [0, 0.05) is 38.8 Å². The molecule has 2 atom stereocenters. The van der Waals surface area contributed by atoms with Crippen LogP contribution in [0.25, 0.3) is 0 Å². The molecular formula is C18H26N4O3. The molecule has 2 fully saturated rings. The summed E-state index contributed by atoms with van der Waals surface area (Å²) in [5, 5.41) is 0. The van der Waals surface area contributed by atoms with Crippen LogP contribution in [0.5, 0.6) is 5.75 Å². The van der Waals surface area contributed by atoms with E-state index >= 15 is 0 Å². The minimum Gasteiger partial charge on any atom is -0.484 e. The smallest absolute Gasteiger partial charge is 0.260 e. The Bertz CT molecular complexity index is 602. The minimum atomic E-state index is -0.126. The Hall–Kier alpha value is -2.12. The lowest BCUT2D eigenvalue weighted by Gasteiger charge is -2.36. The molecular weight excluding hydrogens is 320 g/mol. The maximum Gasteiger partial charge on any atom is 0.260 e.